The molecule has 2 heteroatoms. The minimum absolute atomic E-state index is 0.0101. The molecule has 1 rings (SSSR count). The monoisotopic (exact) mass is 352 g/mol. The Morgan fingerprint density at radius 1 is 0.696 bits per heavy atom. The SMILES string of the molecule is Cc1cc(C)c(CP(C)C(C)(C)C)c(C)c1CP(C)C(C)(C)C. The molecule has 0 bridgehead atoms. The number of benzene rings is 1. The Kier molecular flexibility index (Phi) is 6.92. The molecule has 0 N–H and O–H groups in total. The van der Waals surface area contributed by atoms with E-state index < -0.39 is 0 Å². The molecule has 1 aromatic carbocycles. The highest BCUT2D eigenvalue weighted by Gasteiger charge is 2.24. The molecule has 2 unspecified atom stereocenters. The van der Waals surface area contributed by atoms with Crippen LogP contribution in [-0.2, 0) is 12.3 Å². The Labute approximate surface area is 148 Å². The number of hydrogen-bond acceptors (Lipinski definition) is 0. The summed E-state index contributed by atoms with van der Waals surface area (Å²) in [5.74, 6) is 0. The van der Waals surface area contributed by atoms with Crippen molar-refractivity contribution in [1.29, 1.82) is 0 Å². The van der Waals surface area contributed by atoms with E-state index in [9.17, 15) is 0 Å². The van der Waals surface area contributed by atoms with Crippen LogP contribution in [0.25, 0.3) is 0 Å². The predicted molar refractivity (Wildman–Crippen MR) is 113 cm³/mol. The second-order valence-electron chi connectivity index (χ2n) is 9.15. The maximum absolute atomic E-state index is 2.47. The molecule has 132 valence electrons. The molecule has 0 aliphatic heterocycles. The lowest BCUT2D eigenvalue weighted by Gasteiger charge is -2.32. The third kappa shape index (κ3) is 5.54. The predicted octanol–water partition coefficient (Wildman–Crippen LogP) is 7.43. The highest BCUT2D eigenvalue weighted by molar-refractivity contribution is 7.58. The van der Waals surface area contributed by atoms with Gasteiger partial charge in [0.1, 0.15) is 0 Å². The standard InChI is InChI=1S/C21H38P2/c1-15-12-16(2)19(14-23(11)21(7,8)9)17(3)18(15)13-22(10)20(4,5)6/h12H,13-14H2,1-11H3. The van der Waals surface area contributed by atoms with E-state index in [-0.39, 0.29) is 15.8 Å². The average molecular weight is 352 g/mol. The van der Waals surface area contributed by atoms with Crippen molar-refractivity contribution in [2.24, 2.45) is 0 Å². The molecule has 1 aromatic rings. The van der Waals surface area contributed by atoms with Crippen LogP contribution in [-0.4, -0.2) is 23.6 Å². The van der Waals surface area contributed by atoms with Gasteiger partial charge in [-0.3, -0.25) is 0 Å². The van der Waals surface area contributed by atoms with Gasteiger partial charge in [-0.2, -0.15) is 0 Å². The van der Waals surface area contributed by atoms with Crippen molar-refractivity contribution in [3.05, 3.63) is 33.9 Å². The quantitative estimate of drug-likeness (QED) is 0.494. The number of aryl methyl sites for hydroxylation is 2. The van der Waals surface area contributed by atoms with Gasteiger partial charge >= 0.3 is 0 Å². The fraction of sp³-hybridized carbons (Fsp3) is 0.714. The summed E-state index contributed by atoms with van der Waals surface area (Å²) in [7, 11) is 0.0201. The van der Waals surface area contributed by atoms with E-state index in [1.165, 1.54) is 23.5 Å². The van der Waals surface area contributed by atoms with Crippen molar-refractivity contribution < 1.29 is 0 Å². The Hall–Kier alpha value is 0.0800. The molecule has 0 aromatic heterocycles. The van der Waals surface area contributed by atoms with Gasteiger partial charge in [-0.05, 0) is 84.6 Å². The third-order valence-electron chi connectivity index (χ3n) is 5.37. The van der Waals surface area contributed by atoms with Crippen LogP contribution in [0.3, 0.4) is 0 Å². The van der Waals surface area contributed by atoms with Crippen LogP contribution in [0.2, 0.25) is 0 Å². The Bertz CT molecular complexity index is 498. The van der Waals surface area contributed by atoms with Gasteiger partial charge in [0.05, 0.1) is 0 Å². The van der Waals surface area contributed by atoms with Crippen molar-refractivity contribution in [2.75, 3.05) is 13.3 Å². The molecule has 2 atom stereocenters. The third-order valence-corrected chi connectivity index (χ3v) is 11.5. The van der Waals surface area contributed by atoms with Crippen LogP contribution in [0.5, 0.6) is 0 Å². The molecule has 23 heavy (non-hydrogen) atoms. The van der Waals surface area contributed by atoms with E-state index in [2.05, 4.69) is 81.7 Å². The molecule has 0 aliphatic carbocycles. The number of hydrogen-bond donors (Lipinski definition) is 0. The van der Waals surface area contributed by atoms with Crippen molar-refractivity contribution in [3.8, 4) is 0 Å². The smallest absolute Gasteiger partial charge is 0.00655 e. The fourth-order valence-electron chi connectivity index (χ4n) is 2.71. The number of rotatable bonds is 4. The van der Waals surface area contributed by atoms with Crippen molar-refractivity contribution >= 4 is 15.8 Å². The molecular weight excluding hydrogens is 314 g/mol. The second kappa shape index (κ2) is 7.54. The van der Waals surface area contributed by atoms with Crippen LogP contribution in [0.4, 0.5) is 0 Å². The molecular formula is C21H38P2. The zero-order valence-electron chi connectivity index (χ0n) is 17.4. The molecule has 0 amide bonds. The summed E-state index contributed by atoms with van der Waals surface area (Å²) in [4.78, 5) is 0. The van der Waals surface area contributed by atoms with E-state index >= 15 is 0 Å². The zero-order chi connectivity index (χ0) is 18.2. The van der Waals surface area contributed by atoms with Gasteiger partial charge in [0.25, 0.3) is 0 Å². The molecule has 0 spiro atoms. The molecule has 0 fully saturated rings. The largest absolute Gasteiger partial charge is 0.0999 e. The fourth-order valence-corrected chi connectivity index (χ4v) is 5.58. The van der Waals surface area contributed by atoms with Crippen molar-refractivity contribution in [2.45, 2.75) is 84.9 Å². The first-order valence-corrected chi connectivity index (χ1v) is 12.7. The van der Waals surface area contributed by atoms with Crippen LogP contribution in [0.1, 0.15) is 69.4 Å². The van der Waals surface area contributed by atoms with E-state index in [0.29, 0.717) is 10.3 Å². The summed E-state index contributed by atoms with van der Waals surface area (Å²) in [6, 6.07) is 2.44. The molecule has 0 radical (unpaired) electrons. The summed E-state index contributed by atoms with van der Waals surface area (Å²) in [6.45, 7) is 26.3. The van der Waals surface area contributed by atoms with Crippen molar-refractivity contribution in [1.82, 2.24) is 0 Å². The first-order valence-electron chi connectivity index (χ1n) is 8.76. The summed E-state index contributed by atoms with van der Waals surface area (Å²) < 4.78 is 0. The second-order valence-corrected chi connectivity index (χ2v) is 15.3. The van der Waals surface area contributed by atoms with Crippen LogP contribution < -0.4 is 0 Å². The van der Waals surface area contributed by atoms with Gasteiger partial charge in [-0.15, -0.1) is 0 Å². The van der Waals surface area contributed by atoms with Crippen LogP contribution in [0.15, 0.2) is 6.07 Å². The summed E-state index contributed by atoms with van der Waals surface area (Å²) in [5, 5.41) is 0.865. The maximum Gasteiger partial charge on any atom is -0.00655 e. The van der Waals surface area contributed by atoms with Gasteiger partial charge < -0.3 is 0 Å². The molecule has 0 heterocycles. The Morgan fingerprint density at radius 3 is 1.26 bits per heavy atom. The summed E-state index contributed by atoms with van der Waals surface area (Å²) >= 11 is 0. The van der Waals surface area contributed by atoms with E-state index in [1.807, 2.05) is 0 Å². The molecule has 0 saturated heterocycles. The van der Waals surface area contributed by atoms with Crippen molar-refractivity contribution in [3.63, 3.8) is 0 Å². The topological polar surface area (TPSA) is 0 Å². The van der Waals surface area contributed by atoms with Gasteiger partial charge in [0.15, 0.2) is 0 Å². The highest BCUT2D eigenvalue weighted by Crippen LogP contribution is 2.52. The summed E-state index contributed by atoms with van der Waals surface area (Å²) in [5.41, 5.74) is 7.84. The van der Waals surface area contributed by atoms with Crippen LogP contribution >= 0.6 is 15.8 Å². The van der Waals surface area contributed by atoms with Gasteiger partial charge in [0, 0.05) is 0 Å². The van der Waals surface area contributed by atoms with E-state index in [1.54, 1.807) is 16.7 Å². The maximum atomic E-state index is 2.47. The lowest BCUT2D eigenvalue weighted by Crippen LogP contribution is -2.14. The van der Waals surface area contributed by atoms with E-state index in [4.69, 9.17) is 0 Å². The molecule has 0 saturated carbocycles. The van der Waals surface area contributed by atoms with E-state index in [0.717, 1.165) is 0 Å². The zero-order valence-corrected chi connectivity index (χ0v) is 19.2. The molecule has 0 nitrogen and oxygen atoms in total. The first kappa shape index (κ1) is 21.1. The van der Waals surface area contributed by atoms with Gasteiger partial charge in [0.2, 0.25) is 0 Å². The van der Waals surface area contributed by atoms with Crippen LogP contribution in [0, 0.1) is 20.8 Å². The Morgan fingerprint density at radius 2 is 1.00 bits per heavy atom. The summed E-state index contributed by atoms with van der Waals surface area (Å²) in [6.07, 6.45) is 2.53. The van der Waals surface area contributed by atoms with Gasteiger partial charge in [-0.25, -0.2) is 0 Å². The minimum atomic E-state index is 0.0101. The molecule has 0 aliphatic rings. The first-order chi connectivity index (χ1) is 10.2. The highest BCUT2D eigenvalue weighted by atomic mass is 31.1. The van der Waals surface area contributed by atoms with Gasteiger partial charge in [-0.1, -0.05) is 63.5 Å². The Balaban J connectivity index is 3.22. The normalized spacial score (nSPS) is 15.6. The lowest BCUT2D eigenvalue weighted by atomic mass is 9.95. The lowest BCUT2D eigenvalue weighted by molar-refractivity contribution is 0.781. The average Bonchev–Trinajstić information content (AvgIpc) is 2.36. The minimum Gasteiger partial charge on any atom is -0.0999 e.